The minimum absolute atomic E-state index is 0.0491. The fourth-order valence-corrected chi connectivity index (χ4v) is 0.783. The molecular formula is C9H20N2O. The van der Waals surface area contributed by atoms with Gasteiger partial charge in [-0.2, -0.15) is 0 Å². The van der Waals surface area contributed by atoms with Crippen molar-refractivity contribution in [3.63, 3.8) is 0 Å². The predicted molar refractivity (Wildman–Crippen MR) is 50.7 cm³/mol. The molecule has 3 N–H and O–H groups in total. The van der Waals surface area contributed by atoms with Crippen molar-refractivity contribution >= 4 is 5.91 Å². The van der Waals surface area contributed by atoms with E-state index in [4.69, 9.17) is 5.73 Å². The molecule has 0 aliphatic rings. The molecule has 0 aromatic rings. The summed E-state index contributed by atoms with van der Waals surface area (Å²) in [6.07, 6.45) is 1.56. The summed E-state index contributed by atoms with van der Waals surface area (Å²) in [6.45, 7) is 6.68. The second-order valence-corrected chi connectivity index (χ2v) is 3.71. The zero-order valence-electron chi connectivity index (χ0n) is 8.26. The largest absolute Gasteiger partial charge is 0.355 e. The summed E-state index contributed by atoms with van der Waals surface area (Å²) in [5.41, 5.74) is 5.48. The number of hydrogen-bond donors (Lipinski definition) is 2. The number of nitrogens with one attached hydrogen (secondary N) is 1. The molecule has 12 heavy (non-hydrogen) atoms. The normalized spacial score (nSPS) is 13.1. The lowest BCUT2D eigenvalue weighted by Crippen LogP contribution is -2.35. The van der Waals surface area contributed by atoms with Gasteiger partial charge < -0.3 is 11.1 Å². The maximum Gasteiger partial charge on any atom is 0.220 e. The van der Waals surface area contributed by atoms with Crippen molar-refractivity contribution in [2.45, 2.75) is 39.7 Å². The standard InChI is InChI=1S/C9H20N2O/c1-7(2)4-5-9(12)11-6-8(3)10/h7-8H,4-6,10H2,1-3H3,(H,11,12). The third-order valence-corrected chi connectivity index (χ3v) is 1.57. The average molecular weight is 172 g/mol. The fraction of sp³-hybridized carbons (Fsp3) is 0.889. The Morgan fingerprint density at radius 2 is 2.00 bits per heavy atom. The van der Waals surface area contributed by atoms with E-state index in [2.05, 4.69) is 19.2 Å². The van der Waals surface area contributed by atoms with Crippen molar-refractivity contribution in [1.29, 1.82) is 0 Å². The van der Waals surface area contributed by atoms with E-state index in [1.165, 1.54) is 0 Å². The van der Waals surface area contributed by atoms with E-state index < -0.39 is 0 Å². The van der Waals surface area contributed by atoms with Gasteiger partial charge in [-0.3, -0.25) is 4.79 Å². The number of amides is 1. The maximum atomic E-state index is 11.1. The van der Waals surface area contributed by atoms with Crippen LogP contribution in [0.2, 0.25) is 0 Å². The second kappa shape index (κ2) is 6.00. The molecule has 0 saturated heterocycles. The number of hydrogen-bond acceptors (Lipinski definition) is 2. The first-order chi connectivity index (χ1) is 5.52. The van der Waals surface area contributed by atoms with E-state index in [0.29, 0.717) is 18.9 Å². The third-order valence-electron chi connectivity index (χ3n) is 1.57. The Morgan fingerprint density at radius 3 is 2.42 bits per heavy atom. The van der Waals surface area contributed by atoms with Crippen molar-refractivity contribution in [3.8, 4) is 0 Å². The van der Waals surface area contributed by atoms with Crippen molar-refractivity contribution in [3.05, 3.63) is 0 Å². The van der Waals surface area contributed by atoms with Crippen LogP contribution >= 0.6 is 0 Å². The summed E-state index contributed by atoms with van der Waals surface area (Å²) >= 11 is 0. The minimum Gasteiger partial charge on any atom is -0.355 e. The molecule has 0 aromatic carbocycles. The first kappa shape index (κ1) is 11.4. The third kappa shape index (κ3) is 7.54. The van der Waals surface area contributed by atoms with Crippen LogP contribution in [0, 0.1) is 5.92 Å². The van der Waals surface area contributed by atoms with Gasteiger partial charge in [-0.15, -0.1) is 0 Å². The van der Waals surface area contributed by atoms with Gasteiger partial charge in [-0.25, -0.2) is 0 Å². The van der Waals surface area contributed by atoms with Crippen LogP contribution in [0.5, 0.6) is 0 Å². The van der Waals surface area contributed by atoms with Crippen LogP contribution in [0.4, 0.5) is 0 Å². The Bertz CT molecular complexity index is 118. The lowest BCUT2D eigenvalue weighted by atomic mass is 10.1. The monoisotopic (exact) mass is 172 g/mol. The number of rotatable bonds is 5. The van der Waals surface area contributed by atoms with Gasteiger partial charge in [0.05, 0.1) is 0 Å². The summed E-state index contributed by atoms with van der Waals surface area (Å²) in [6, 6.07) is 0.0491. The Kier molecular flexibility index (Phi) is 5.72. The molecule has 1 amide bonds. The molecular weight excluding hydrogens is 152 g/mol. The average Bonchev–Trinajstić information content (AvgIpc) is 1.96. The first-order valence-corrected chi connectivity index (χ1v) is 4.54. The van der Waals surface area contributed by atoms with Crippen LogP contribution in [0.3, 0.4) is 0 Å². The Balaban J connectivity index is 3.34. The minimum atomic E-state index is 0.0491. The zero-order valence-corrected chi connectivity index (χ0v) is 8.26. The summed E-state index contributed by atoms with van der Waals surface area (Å²) in [7, 11) is 0. The highest BCUT2D eigenvalue weighted by Gasteiger charge is 2.03. The van der Waals surface area contributed by atoms with E-state index in [1.54, 1.807) is 0 Å². The van der Waals surface area contributed by atoms with E-state index in [-0.39, 0.29) is 11.9 Å². The van der Waals surface area contributed by atoms with Gasteiger partial charge in [-0.05, 0) is 19.3 Å². The first-order valence-electron chi connectivity index (χ1n) is 4.54. The summed E-state index contributed by atoms with van der Waals surface area (Å²) in [4.78, 5) is 11.1. The van der Waals surface area contributed by atoms with Crippen molar-refractivity contribution < 1.29 is 4.79 Å². The second-order valence-electron chi connectivity index (χ2n) is 3.71. The molecule has 0 aromatic heterocycles. The fourth-order valence-electron chi connectivity index (χ4n) is 0.783. The van der Waals surface area contributed by atoms with Gasteiger partial charge in [0.25, 0.3) is 0 Å². The number of nitrogens with two attached hydrogens (primary N) is 1. The van der Waals surface area contributed by atoms with Gasteiger partial charge in [-0.1, -0.05) is 13.8 Å². The van der Waals surface area contributed by atoms with E-state index in [9.17, 15) is 4.79 Å². The van der Waals surface area contributed by atoms with Crippen LogP contribution in [0.1, 0.15) is 33.6 Å². The molecule has 0 fully saturated rings. The molecule has 0 aliphatic carbocycles. The molecule has 1 unspecified atom stereocenters. The van der Waals surface area contributed by atoms with E-state index in [1.807, 2.05) is 6.92 Å². The quantitative estimate of drug-likeness (QED) is 0.647. The van der Waals surface area contributed by atoms with Gasteiger partial charge in [0, 0.05) is 19.0 Å². The molecule has 3 nitrogen and oxygen atoms in total. The number of carbonyl (C=O) groups is 1. The van der Waals surface area contributed by atoms with Gasteiger partial charge in [0.1, 0.15) is 0 Å². The topological polar surface area (TPSA) is 55.1 Å². The highest BCUT2D eigenvalue weighted by atomic mass is 16.1. The molecule has 0 aliphatic heterocycles. The molecule has 1 atom stereocenters. The summed E-state index contributed by atoms with van der Waals surface area (Å²) < 4.78 is 0. The van der Waals surface area contributed by atoms with Crippen LogP contribution in [-0.4, -0.2) is 18.5 Å². The molecule has 0 radical (unpaired) electrons. The van der Waals surface area contributed by atoms with Crippen LogP contribution in [-0.2, 0) is 4.79 Å². The van der Waals surface area contributed by atoms with Gasteiger partial charge in [0.2, 0.25) is 5.91 Å². The molecule has 0 bridgehead atoms. The van der Waals surface area contributed by atoms with Crippen molar-refractivity contribution in [2.75, 3.05) is 6.54 Å². The zero-order chi connectivity index (χ0) is 9.56. The van der Waals surface area contributed by atoms with Crippen molar-refractivity contribution in [2.24, 2.45) is 11.7 Å². The van der Waals surface area contributed by atoms with Crippen LogP contribution in [0.25, 0.3) is 0 Å². The Labute approximate surface area is 74.7 Å². The van der Waals surface area contributed by atoms with Crippen LogP contribution < -0.4 is 11.1 Å². The predicted octanol–water partition coefficient (Wildman–Crippen LogP) is 0.886. The molecule has 0 rings (SSSR count). The van der Waals surface area contributed by atoms with Gasteiger partial charge in [0.15, 0.2) is 0 Å². The SMILES string of the molecule is CC(C)CCC(=O)NCC(C)N. The molecule has 72 valence electrons. The smallest absolute Gasteiger partial charge is 0.220 e. The van der Waals surface area contributed by atoms with Crippen molar-refractivity contribution in [1.82, 2.24) is 5.32 Å². The number of carbonyl (C=O) groups excluding carboxylic acids is 1. The lowest BCUT2D eigenvalue weighted by Gasteiger charge is -2.08. The van der Waals surface area contributed by atoms with E-state index >= 15 is 0 Å². The molecule has 0 spiro atoms. The van der Waals surface area contributed by atoms with Gasteiger partial charge >= 0.3 is 0 Å². The summed E-state index contributed by atoms with van der Waals surface area (Å²) in [5.74, 6) is 0.701. The Hall–Kier alpha value is -0.570. The molecule has 3 heteroatoms. The maximum absolute atomic E-state index is 11.1. The lowest BCUT2D eigenvalue weighted by molar-refractivity contribution is -0.121. The summed E-state index contributed by atoms with van der Waals surface area (Å²) in [5, 5.41) is 2.77. The van der Waals surface area contributed by atoms with E-state index in [0.717, 1.165) is 6.42 Å². The highest BCUT2D eigenvalue weighted by Crippen LogP contribution is 2.02. The molecule has 0 saturated carbocycles. The highest BCUT2D eigenvalue weighted by molar-refractivity contribution is 5.75. The molecule has 0 heterocycles. The Morgan fingerprint density at radius 1 is 1.42 bits per heavy atom. The van der Waals surface area contributed by atoms with Crippen LogP contribution in [0.15, 0.2) is 0 Å².